The van der Waals surface area contributed by atoms with Crippen LogP contribution in [0.15, 0.2) is 60.8 Å². The Morgan fingerprint density at radius 3 is 2.31 bits per heavy atom. The molecule has 0 bridgehead atoms. The van der Waals surface area contributed by atoms with Crippen molar-refractivity contribution in [2.24, 2.45) is 0 Å². The largest absolute Gasteiger partial charge is 0.367 e. The molecule has 0 aliphatic heterocycles. The van der Waals surface area contributed by atoms with Gasteiger partial charge in [-0.05, 0) is 74.9 Å². The van der Waals surface area contributed by atoms with Crippen molar-refractivity contribution in [1.82, 2.24) is 25.1 Å². The van der Waals surface area contributed by atoms with E-state index in [4.69, 9.17) is 21.6 Å². The summed E-state index contributed by atoms with van der Waals surface area (Å²) in [7, 11) is 0. The lowest BCUT2D eigenvalue weighted by molar-refractivity contribution is 0.0926. The van der Waals surface area contributed by atoms with E-state index in [9.17, 15) is 4.79 Å². The Kier molecular flexibility index (Phi) is 5.86. The van der Waals surface area contributed by atoms with E-state index in [2.05, 4.69) is 15.7 Å². The van der Waals surface area contributed by atoms with Crippen LogP contribution in [0.25, 0.3) is 16.7 Å². The molecule has 2 aromatic carbocycles. The molecular formula is C27H27ClN6O. The van der Waals surface area contributed by atoms with E-state index in [0.717, 1.165) is 66.9 Å². The van der Waals surface area contributed by atoms with Crippen LogP contribution in [-0.4, -0.2) is 37.7 Å². The number of amides is 1. The van der Waals surface area contributed by atoms with E-state index in [1.54, 1.807) is 24.3 Å². The average molecular weight is 487 g/mol. The minimum atomic E-state index is -0.0435. The highest BCUT2D eigenvalue weighted by Gasteiger charge is 2.30. The average Bonchev–Trinajstić information content (AvgIpc) is 3.65. The molecule has 7 nitrogen and oxygen atoms in total. The number of para-hydroxylation sites is 1. The van der Waals surface area contributed by atoms with Gasteiger partial charge in [0.25, 0.3) is 5.91 Å². The maximum absolute atomic E-state index is 12.6. The van der Waals surface area contributed by atoms with Crippen LogP contribution >= 0.6 is 11.6 Å². The number of carbonyl (C=O) groups is 1. The van der Waals surface area contributed by atoms with Gasteiger partial charge in [0.05, 0.1) is 17.3 Å². The first-order valence-electron chi connectivity index (χ1n) is 12.3. The number of halogens is 1. The molecule has 0 radical (unpaired) electrons. The molecule has 2 heterocycles. The summed E-state index contributed by atoms with van der Waals surface area (Å²) in [5.41, 5.74) is 2.48. The van der Waals surface area contributed by atoms with Gasteiger partial charge in [0.1, 0.15) is 11.6 Å². The van der Waals surface area contributed by atoms with Gasteiger partial charge in [-0.15, -0.1) is 0 Å². The minimum absolute atomic E-state index is 0.0435. The van der Waals surface area contributed by atoms with Gasteiger partial charge in [-0.25, -0.2) is 14.6 Å². The number of aromatic nitrogens is 4. The number of nitrogens with zero attached hydrogens (tertiary/aromatic N) is 4. The molecule has 2 aliphatic rings. The maximum atomic E-state index is 12.6. The van der Waals surface area contributed by atoms with Crippen LogP contribution in [0.3, 0.4) is 0 Å². The lowest BCUT2D eigenvalue weighted by Crippen LogP contribution is -2.40. The molecule has 0 spiro atoms. The van der Waals surface area contributed by atoms with Gasteiger partial charge in [-0.2, -0.15) is 5.10 Å². The first-order chi connectivity index (χ1) is 17.1. The Balaban J connectivity index is 1.16. The quantitative estimate of drug-likeness (QED) is 0.376. The van der Waals surface area contributed by atoms with Gasteiger partial charge in [-0.1, -0.05) is 29.8 Å². The van der Waals surface area contributed by atoms with Gasteiger partial charge in [0, 0.05) is 28.6 Å². The maximum Gasteiger partial charge on any atom is 0.251 e. The van der Waals surface area contributed by atoms with Gasteiger partial charge >= 0.3 is 0 Å². The Labute approximate surface area is 208 Å². The van der Waals surface area contributed by atoms with Gasteiger partial charge < -0.3 is 10.6 Å². The summed E-state index contributed by atoms with van der Waals surface area (Å²) in [5, 5.41) is 13.1. The summed E-state index contributed by atoms with van der Waals surface area (Å²) in [5.74, 6) is 2.17. The fraction of sp³-hybridized carbons (Fsp3) is 0.333. The topological polar surface area (TPSA) is 84.7 Å². The fourth-order valence-corrected chi connectivity index (χ4v) is 4.89. The van der Waals surface area contributed by atoms with Crippen molar-refractivity contribution >= 4 is 34.4 Å². The van der Waals surface area contributed by atoms with Crippen LogP contribution < -0.4 is 10.6 Å². The van der Waals surface area contributed by atoms with E-state index >= 15 is 0 Å². The van der Waals surface area contributed by atoms with E-state index < -0.39 is 0 Å². The molecule has 0 unspecified atom stereocenters. The lowest BCUT2D eigenvalue weighted by atomic mass is 9.91. The predicted molar refractivity (Wildman–Crippen MR) is 137 cm³/mol. The Morgan fingerprint density at radius 2 is 1.60 bits per heavy atom. The first-order valence-corrected chi connectivity index (χ1v) is 12.7. The van der Waals surface area contributed by atoms with E-state index in [1.165, 1.54) is 0 Å². The monoisotopic (exact) mass is 486 g/mol. The van der Waals surface area contributed by atoms with E-state index in [0.29, 0.717) is 22.5 Å². The number of benzene rings is 2. The Morgan fingerprint density at radius 1 is 0.886 bits per heavy atom. The van der Waals surface area contributed by atoms with Crippen molar-refractivity contribution in [2.75, 3.05) is 5.32 Å². The summed E-state index contributed by atoms with van der Waals surface area (Å²) >= 11 is 5.94. The van der Waals surface area contributed by atoms with Crippen LogP contribution in [0, 0.1) is 0 Å². The number of anilines is 1. The number of nitrogens with one attached hydrogen (secondary N) is 2. The van der Waals surface area contributed by atoms with Gasteiger partial charge in [0.15, 0.2) is 5.65 Å². The third kappa shape index (κ3) is 4.73. The molecule has 2 aromatic heterocycles. The van der Waals surface area contributed by atoms with Gasteiger partial charge in [0.2, 0.25) is 0 Å². The molecule has 6 rings (SSSR count). The zero-order chi connectivity index (χ0) is 23.8. The number of carbonyl (C=O) groups excluding carboxylic acids is 1. The molecule has 2 saturated carbocycles. The zero-order valence-electron chi connectivity index (χ0n) is 19.3. The van der Waals surface area contributed by atoms with E-state index in [1.807, 2.05) is 41.2 Å². The summed E-state index contributed by atoms with van der Waals surface area (Å²) in [4.78, 5) is 22.4. The molecular weight excluding hydrogens is 460 g/mol. The summed E-state index contributed by atoms with van der Waals surface area (Å²) in [6.45, 7) is 0. The Hall–Kier alpha value is -3.45. The number of hydrogen-bond acceptors (Lipinski definition) is 5. The second kappa shape index (κ2) is 9.30. The van der Waals surface area contributed by atoms with Crippen molar-refractivity contribution in [3.63, 3.8) is 0 Å². The lowest BCUT2D eigenvalue weighted by Gasteiger charge is -2.30. The summed E-state index contributed by atoms with van der Waals surface area (Å²) < 4.78 is 1.90. The summed E-state index contributed by atoms with van der Waals surface area (Å²) in [6.07, 6.45) is 7.91. The Bertz CT molecular complexity index is 1340. The molecule has 2 aliphatic carbocycles. The second-order valence-corrected chi connectivity index (χ2v) is 9.94. The molecule has 2 N–H and O–H groups in total. The third-order valence-electron chi connectivity index (χ3n) is 6.90. The SMILES string of the molecule is O=C(NC1CCC(Nc2nc(C3CC3)nc3c2cnn3-c2ccccc2)CC1)c1ccc(Cl)cc1. The smallest absolute Gasteiger partial charge is 0.251 e. The van der Waals surface area contributed by atoms with Crippen molar-refractivity contribution < 1.29 is 4.79 Å². The highest BCUT2D eigenvalue weighted by molar-refractivity contribution is 6.30. The summed E-state index contributed by atoms with van der Waals surface area (Å²) in [6, 6.07) is 17.6. The molecule has 35 heavy (non-hydrogen) atoms. The van der Waals surface area contributed by atoms with Crippen molar-refractivity contribution in [1.29, 1.82) is 0 Å². The minimum Gasteiger partial charge on any atom is -0.367 e. The van der Waals surface area contributed by atoms with Crippen LogP contribution in [-0.2, 0) is 0 Å². The molecule has 0 saturated heterocycles. The van der Waals surface area contributed by atoms with Crippen molar-refractivity contribution in [3.8, 4) is 5.69 Å². The van der Waals surface area contributed by atoms with Crippen LogP contribution in [0.4, 0.5) is 5.82 Å². The van der Waals surface area contributed by atoms with Crippen molar-refractivity contribution in [3.05, 3.63) is 77.2 Å². The third-order valence-corrected chi connectivity index (χ3v) is 7.15. The van der Waals surface area contributed by atoms with Crippen LogP contribution in [0.2, 0.25) is 5.02 Å². The fourth-order valence-electron chi connectivity index (χ4n) is 4.76. The van der Waals surface area contributed by atoms with E-state index in [-0.39, 0.29) is 11.9 Å². The predicted octanol–water partition coefficient (Wildman–Crippen LogP) is 5.50. The molecule has 1 amide bonds. The molecule has 8 heteroatoms. The number of rotatable bonds is 6. The van der Waals surface area contributed by atoms with Crippen LogP contribution in [0.1, 0.15) is 60.6 Å². The molecule has 0 atom stereocenters. The highest BCUT2D eigenvalue weighted by Crippen LogP contribution is 2.40. The van der Waals surface area contributed by atoms with Crippen LogP contribution in [0.5, 0.6) is 0 Å². The zero-order valence-corrected chi connectivity index (χ0v) is 20.1. The number of hydrogen-bond donors (Lipinski definition) is 2. The first kappa shape index (κ1) is 22.0. The molecule has 4 aromatic rings. The molecule has 2 fully saturated rings. The highest BCUT2D eigenvalue weighted by atomic mass is 35.5. The van der Waals surface area contributed by atoms with Gasteiger partial charge in [-0.3, -0.25) is 4.79 Å². The number of fused-ring (bicyclic) bond motifs is 1. The second-order valence-electron chi connectivity index (χ2n) is 9.51. The standard InChI is InChI=1S/C27H27ClN6O/c28-19-10-8-18(9-11-19)27(35)31-21-14-12-20(13-15-21)30-25-23-16-29-34(22-4-2-1-3-5-22)26(23)33-24(32-25)17-6-7-17/h1-5,8-11,16-17,20-21H,6-7,12-15H2,(H,31,35)(H,30,32,33). The normalized spacial score (nSPS) is 20.0. The molecule has 178 valence electrons. The van der Waals surface area contributed by atoms with Crippen molar-refractivity contribution in [2.45, 2.75) is 56.5 Å².